The number of likely N-dealkylation sites (tertiary alicyclic amines) is 1. The molecule has 1 saturated carbocycles. The summed E-state index contributed by atoms with van der Waals surface area (Å²) in [5.74, 6) is 0.846. The number of hydrogen-bond acceptors (Lipinski definition) is 3. The van der Waals surface area contributed by atoms with Gasteiger partial charge < -0.3 is 0 Å². The molecule has 1 aromatic rings. The Morgan fingerprint density at radius 3 is 2.75 bits per heavy atom. The first-order valence-corrected chi connectivity index (χ1v) is 8.00. The topological polar surface area (TPSA) is 33.2 Å². The summed E-state index contributed by atoms with van der Waals surface area (Å²) < 4.78 is 0. The van der Waals surface area contributed by atoms with E-state index in [1.807, 2.05) is 12.4 Å². The third kappa shape index (κ3) is 3.09. The molecule has 0 aromatic carbocycles. The molecule has 2 aliphatic rings. The van der Waals surface area contributed by atoms with E-state index in [1.54, 1.807) is 0 Å². The Hall–Kier alpha value is -1.22. The highest BCUT2D eigenvalue weighted by Gasteiger charge is 2.36. The van der Waals surface area contributed by atoms with E-state index in [2.05, 4.69) is 22.0 Å². The van der Waals surface area contributed by atoms with Crippen molar-refractivity contribution in [2.24, 2.45) is 5.92 Å². The zero-order chi connectivity index (χ0) is 13.8. The predicted octanol–water partition coefficient (Wildman–Crippen LogP) is 2.85. The van der Waals surface area contributed by atoms with E-state index in [0.29, 0.717) is 17.7 Å². The molecule has 0 spiro atoms. The molecule has 2 atom stereocenters. The lowest BCUT2D eigenvalue weighted by atomic mass is 9.88. The second-order valence-corrected chi connectivity index (χ2v) is 6.17. The highest BCUT2D eigenvalue weighted by molar-refractivity contribution is 5.83. The van der Waals surface area contributed by atoms with Gasteiger partial charge in [0.15, 0.2) is 0 Å². The quantitative estimate of drug-likeness (QED) is 0.845. The van der Waals surface area contributed by atoms with Crippen molar-refractivity contribution in [3.8, 4) is 0 Å². The minimum absolute atomic E-state index is 0.327. The third-order valence-electron chi connectivity index (χ3n) is 4.92. The molecule has 1 aliphatic carbocycles. The van der Waals surface area contributed by atoms with Crippen LogP contribution < -0.4 is 0 Å². The summed E-state index contributed by atoms with van der Waals surface area (Å²) in [5.41, 5.74) is 1.35. The monoisotopic (exact) mass is 272 g/mol. The summed E-state index contributed by atoms with van der Waals surface area (Å²) >= 11 is 0. The fourth-order valence-electron chi connectivity index (χ4n) is 3.82. The number of ketones is 1. The third-order valence-corrected chi connectivity index (χ3v) is 4.92. The van der Waals surface area contributed by atoms with Gasteiger partial charge in [-0.05, 0) is 56.3 Å². The molecule has 3 heteroatoms. The molecule has 1 aliphatic heterocycles. The van der Waals surface area contributed by atoms with Gasteiger partial charge in [-0.15, -0.1) is 0 Å². The lowest BCUT2D eigenvalue weighted by Gasteiger charge is -2.38. The van der Waals surface area contributed by atoms with Gasteiger partial charge in [0.05, 0.1) is 0 Å². The van der Waals surface area contributed by atoms with Gasteiger partial charge in [-0.2, -0.15) is 0 Å². The number of nitrogens with zero attached hydrogens (tertiary/aromatic N) is 2. The van der Waals surface area contributed by atoms with E-state index in [-0.39, 0.29) is 0 Å². The van der Waals surface area contributed by atoms with Crippen molar-refractivity contribution < 1.29 is 4.79 Å². The molecule has 0 N–H and O–H groups in total. The lowest BCUT2D eigenvalue weighted by molar-refractivity contribution is -0.123. The van der Waals surface area contributed by atoms with Crippen molar-refractivity contribution in [3.05, 3.63) is 30.1 Å². The van der Waals surface area contributed by atoms with Gasteiger partial charge in [0.25, 0.3) is 0 Å². The van der Waals surface area contributed by atoms with Crippen molar-refractivity contribution in [2.75, 3.05) is 13.1 Å². The van der Waals surface area contributed by atoms with E-state index < -0.39 is 0 Å². The maximum Gasteiger partial charge on any atom is 0.137 e. The van der Waals surface area contributed by atoms with Crippen LogP contribution in [0.1, 0.15) is 44.1 Å². The Balaban J connectivity index is 1.62. The van der Waals surface area contributed by atoms with Crippen LogP contribution in [0, 0.1) is 5.92 Å². The standard InChI is InChI=1S/C17H24N2O/c20-17-6-3-4-15(17)16-5-1-2-12-19(16)13-9-14-7-10-18-11-8-14/h7-8,10-11,15-16H,1-6,9,12-13H2. The van der Waals surface area contributed by atoms with Gasteiger partial charge in [0, 0.05) is 37.3 Å². The molecule has 20 heavy (non-hydrogen) atoms. The van der Waals surface area contributed by atoms with Gasteiger partial charge in [0.2, 0.25) is 0 Å². The van der Waals surface area contributed by atoms with E-state index in [9.17, 15) is 4.79 Å². The van der Waals surface area contributed by atoms with Gasteiger partial charge in [0.1, 0.15) is 5.78 Å². The Bertz CT molecular complexity index is 446. The fraction of sp³-hybridized carbons (Fsp3) is 0.647. The molecule has 2 heterocycles. The van der Waals surface area contributed by atoms with Crippen LogP contribution in [0.4, 0.5) is 0 Å². The molecular weight excluding hydrogens is 248 g/mol. The lowest BCUT2D eigenvalue weighted by Crippen LogP contribution is -2.46. The van der Waals surface area contributed by atoms with Crippen LogP contribution in [0.3, 0.4) is 0 Å². The fourth-order valence-corrected chi connectivity index (χ4v) is 3.82. The van der Waals surface area contributed by atoms with Gasteiger partial charge in [-0.3, -0.25) is 14.7 Å². The highest BCUT2D eigenvalue weighted by Crippen LogP contribution is 2.32. The normalized spacial score (nSPS) is 27.9. The Morgan fingerprint density at radius 1 is 1.15 bits per heavy atom. The van der Waals surface area contributed by atoms with E-state index >= 15 is 0 Å². The largest absolute Gasteiger partial charge is 0.299 e. The van der Waals surface area contributed by atoms with Crippen LogP contribution in [0.2, 0.25) is 0 Å². The number of hydrogen-bond donors (Lipinski definition) is 0. The molecule has 1 aromatic heterocycles. The smallest absolute Gasteiger partial charge is 0.137 e. The average Bonchev–Trinajstić information content (AvgIpc) is 2.92. The van der Waals surface area contributed by atoms with Gasteiger partial charge >= 0.3 is 0 Å². The Kier molecular flexibility index (Phi) is 4.46. The minimum Gasteiger partial charge on any atom is -0.299 e. The summed E-state index contributed by atoms with van der Waals surface area (Å²) in [6.07, 6.45) is 11.6. The van der Waals surface area contributed by atoms with E-state index in [0.717, 1.165) is 32.2 Å². The first-order chi connectivity index (χ1) is 9.84. The summed E-state index contributed by atoms with van der Waals surface area (Å²) in [6, 6.07) is 4.71. The summed E-state index contributed by atoms with van der Waals surface area (Å²) in [7, 11) is 0. The van der Waals surface area contributed by atoms with Crippen LogP contribution in [-0.4, -0.2) is 34.8 Å². The number of pyridine rings is 1. The molecule has 1 saturated heterocycles. The number of carbonyl (C=O) groups excluding carboxylic acids is 1. The molecule has 0 bridgehead atoms. The summed E-state index contributed by atoms with van der Waals surface area (Å²) in [4.78, 5) is 18.7. The second-order valence-electron chi connectivity index (χ2n) is 6.17. The van der Waals surface area contributed by atoms with Gasteiger partial charge in [-0.1, -0.05) is 6.42 Å². The Morgan fingerprint density at radius 2 is 2.00 bits per heavy atom. The maximum atomic E-state index is 12.1. The first-order valence-electron chi connectivity index (χ1n) is 8.00. The highest BCUT2D eigenvalue weighted by atomic mass is 16.1. The predicted molar refractivity (Wildman–Crippen MR) is 79.5 cm³/mol. The zero-order valence-corrected chi connectivity index (χ0v) is 12.1. The SMILES string of the molecule is O=C1CCCC1C1CCCCN1CCc1ccncc1. The van der Waals surface area contributed by atoms with Crippen LogP contribution in [0.25, 0.3) is 0 Å². The van der Waals surface area contributed by atoms with Crippen LogP contribution in [0.5, 0.6) is 0 Å². The number of rotatable bonds is 4. The zero-order valence-electron chi connectivity index (χ0n) is 12.1. The van der Waals surface area contributed by atoms with Crippen LogP contribution in [-0.2, 0) is 11.2 Å². The molecule has 2 unspecified atom stereocenters. The van der Waals surface area contributed by atoms with Crippen molar-refractivity contribution in [1.29, 1.82) is 0 Å². The van der Waals surface area contributed by atoms with Crippen molar-refractivity contribution >= 4 is 5.78 Å². The van der Waals surface area contributed by atoms with Crippen molar-refractivity contribution in [2.45, 2.75) is 51.0 Å². The molecule has 0 radical (unpaired) electrons. The van der Waals surface area contributed by atoms with Crippen LogP contribution in [0.15, 0.2) is 24.5 Å². The number of piperidine rings is 1. The molecule has 3 rings (SSSR count). The molecule has 3 nitrogen and oxygen atoms in total. The molecule has 108 valence electrons. The van der Waals surface area contributed by atoms with Crippen molar-refractivity contribution in [1.82, 2.24) is 9.88 Å². The van der Waals surface area contributed by atoms with E-state index in [4.69, 9.17) is 0 Å². The van der Waals surface area contributed by atoms with Crippen molar-refractivity contribution in [3.63, 3.8) is 0 Å². The number of aromatic nitrogens is 1. The number of Topliss-reactive ketones (excluding diaryl/α,β-unsaturated/α-hetero) is 1. The molecule has 2 fully saturated rings. The number of carbonyl (C=O) groups is 1. The summed E-state index contributed by atoms with van der Waals surface area (Å²) in [5, 5.41) is 0. The maximum absolute atomic E-state index is 12.1. The van der Waals surface area contributed by atoms with E-state index in [1.165, 1.54) is 31.4 Å². The minimum atomic E-state index is 0.327. The molecular formula is C17H24N2O. The second kappa shape index (κ2) is 6.49. The first kappa shape index (κ1) is 13.7. The molecule has 0 amide bonds. The Labute approximate surface area is 121 Å². The van der Waals surface area contributed by atoms with Gasteiger partial charge in [-0.25, -0.2) is 0 Å². The summed E-state index contributed by atoms with van der Waals surface area (Å²) in [6.45, 7) is 2.25. The van der Waals surface area contributed by atoms with Crippen LogP contribution >= 0.6 is 0 Å². The average molecular weight is 272 g/mol.